The first-order valence-corrected chi connectivity index (χ1v) is 14.5. The van der Waals surface area contributed by atoms with Crippen molar-refractivity contribution in [3.8, 4) is 0 Å². The zero-order valence-electron chi connectivity index (χ0n) is 22.6. The van der Waals surface area contributed by atoms with E-state index in [0.717, 1.165) is 61.9 Å². The molecule has 2 saturated heterocycles. The molecule has 0 saturated carbocycles. The molecule has 1 aliphatic carbocycles. The van der Waals surface area contributed by atoms with Crippen molar-refractivity contribution < 1.29 is 4.42 Å². The van der Waals surface area contributed by atoms with Crippen molar-refractivity contribution >= 4 is 45.9 Å². The van der Waals surface area contributed by atoms with Crippen molar-refractivity contribution in [2.75, 3.05) is 50.7 Å². The molecule has 214 valence electrons. The zero-order chi connectivity index (χ0) is 28.0. The number of allylic oxidation sites excluding steroid dienone is 4. The quantitative estimate of drug-likeness (QED) is 0.426. The molecule has 0 spiro atoms. The third-order valence-corrected chi connectivity index (χ3v) is 9.03. The monoisotopic (exact) mass is 589 g/mol. The lowest BCUT2D eigenvalue weighted by atomic mass is 9.97. The number of fused-ring (bicyclic) bond motifs is 1. The molecule has 12 nitrogen and oxygen atoms in total. The summed E-state index contributed by atoms with van der Waals surface area (Å²) in [4.78, 5) is 35.6. The normalized spacial score (nSPS) is 21.2. The predicted molar refractivity (Wildman–Crippen MR) is 154 cm³/mol. The van der Waals surface area contributed by atoms with E-state index in [1.807, 2.05) is 6.08 Å². The molecule has 3 aromatic rings. The topological polar surface area (TPSA) is 119 Å². The van der Waals surface area contributed by atoms with Gasteiger partial charge in [-0.3, -0.25) is 23.4 Å². The molecule has 3 aliphatic rings. The Morgan fingerprint density at radius 2 is 1.80 bits per heavy atom. The summed E-state index contributed by atoms with van der Waals surface area (Å²) in [5, 5.41) is 12.1. The largest absolute Gasteiger partial charge is 0.419 e. The second kappa shape index (κ2) is 11.2. The minimum absolute atomic E-state index is 0.135. The molecule has 2 fully saturated rings. The molecule has 0 bridgehead atoms. The standard InChI is InChI=1S/C26H33Cl2N9O3/c1-33-22-21(24(38)34(2)26(33)39)37(15-20-31-32-23(40-20)17-3-4-18(27)19(28)13-17)25(30-22)36-11-9-35(10-12-36)14-16-5-7-29-8-6-16/h3-4,16,19,29H,5-15H2,1-2H3. The van der Waals surface area contributed by atoms with E-state index in [-0.39, 0.29) is 11.9 Å². The molecule has 0 aromatic carbocycles. The van der Waals surface area contributed by atoms with Crippen LogP contribution in [-0.2, 0) is 20.6 Å². The van der Waals surface area contributed by atoms with E-state index >= 15 is 0 Å². The molecule has 40 heavy (non-hydrogen) atoms. The SMILES string of the molecule is Cn1c(=O)c2c(nc(N3CCN(CC4CCNCC4)CC3)n2Cc2nnc(C3=CC=C(Cl)C(Cl)C3)o2)n(C)c1=O. The van der Waals surface area contributed by atoms with Crippen LogP contribution in [0.3, 0.4) is 0 Å². The maximum absolute atomic E-state index is 13.3. The van der Waals surface area contributed by atoms with Gasteiger partial charge in [-0.05, 0) is 44.3 Å². The molecule has 1 unspecified atom stereocenters. The Labute approximate surface area is 240 Å². The van der Waals surface area contributed by atoms with Crippen LogP contribution >= 0.6 is 23.2 Å². The highest BCUT2D eigenvalue weighted by Crippen LogP contribution is 2.32. The van der Waals surface area contributed by atoms with Gasteiger partial charge in [-0.2, -0.15) is 4.98 Å². The highest BCUT2D eigenvalue weighted by Gasteiger charge is 2.28. The number of hydrogen-bond donors (Lipinski definition) is 1. The number of nitrogens with one attached hydrogen (secondary N) is 1. The molecule has 1 atom stereocenters. The van der Waals surface area contributed by atoms with Gasteiger partial charge < -0.3 is 14.6 Å². The summed E-state index contributed by atoms with van der Waals surface area (Å²) in [6.07, 6.45) is 6.46. The fourth-order valence-electron chi connectivity index (χ4n) is 5.77. The molecule has 0 amide bonds. The molecule has 5 heterocycles. The summed E-state index contributed by atoms with van der Waals surface area (Å²) in [6.45, 7) is 6.74. The van der Waals surface area contributed by atoms with Gasteiger partial charge in [-0.25, -0.2) is 4.79 Å². The number of piperidine rings is 1. The van der Waals surface area contributed by atoms with E-state index < -0.39 is 11.2 Å². The highest BCUT2D eigenvalue weighted by molar-refractivity contribution is 6.38. The number of anilines is 1. The van der Waals surface area contributed by atoms with Crippen LogP contribution in [0, 0.1) is 5.92 Å². The van der Waals surface area contributed by atoms with E-state index in [1.54, 1.807) is 17.7 Å². The lowest BCUT2D eigenvalue weighted by Crippen LogP contribution is -2.49. The maximum atomic E-state index is 13.3. The number of aromatic nitrogens is 6. The molecule has 3 aromatic heterocycles. The van der Waals surface area contributed by atoms with Gasteiger partial charge >= 0.3 is 5.69 Å². The third kappa shape index (κ3) is 5.13. The van der Waals surface area contributed by atoms with Crippen molar-refractivity contribution in [2.45, 2.75) is 31.2 Å². The van der Waals surface area contributed by atoms with Crippen LogP contribution in [0.5, 0.6) is 0 Å². The van der Waals surface area contributed by atoms with Crippen molar-refractivity contribution in [3.63, 3.8) is 0 Å². The number of nitrogens with zero attached hydrogens (tertiary/aromatic N) is 8. The van der Waals surface area contributed by atoms with E-state index in [2.05, 4.69) is 25.3 Å². The second-order valence-corrected chi connectivity index (χ2v) is 11.7. The zero-order valence-corrected chi connectivity index (χ0v) is 24.2. The van der Waals surface area contributed by atoms with Crippen LogP contribution in [0.1, 0.15) is 31.0 Å². The number of halogens is 2. The molecule has 0 radical (unpaired) electrons. The lowest BCUT2D eigenvalue weighted by Gasteiger charge is -2.37. The number of hydrogen-bond acceptors (Lipinski definition) is 9. The van der Waals surface area contributed by atoms with Gasteiger partial charge in [-0.1, -0.05) is 17.7 Å². The fraction of sp³-hybridized carbons (Fsp3) is 0.577. The van der Waals surface area contributed by atoms with Crippen LogP contribution in [-0.4, -0.2) is 85.0 Å². The Hall–Kier alpha value is -2.93. The number of aryl methyl sites for hydroxylation is 1. The van der Waals surface area contributed by atoms with Gasteiger partial charge in [0.2, 0.25) is 17.7 Å². The van der Waals surface area contributed by atoms with E-state index in [0.29, 0.717) is 40.3 Å². The fourth-order valence-corrected chi connectivity index (χ4v) is 6.15. The van der Waals surface area contributed by atoms with Crippen LogP contribution in [0.2, 0.25) is 0 Å². The first-order chi connectivity index (χ1) is 19.3. The Bertz CT molecular complexity index is 1590. The molecule has 2 aliphatic heterocycles. The van der Waals surface area contributed by atoms with Gasteiger partial charge in [0.1, 0.15) is 6.54 Å². The molecular weight excluding hydrogens is 557 g/mol. The Morgan fingerprint density at radius 1 is 1.05 bits per heavy atom. The summed E-state index contributed by atoms with van der Waals surface area (Å²) in [6, 6.07) is 0. The predicted octanol–water partition coefficient (Wildman–Crippen LogP) is 1.50. The number of rotatable bonds is 6. The minimum Gasteiger partial charge on any atom is -0.419 e. The van der Waals surface area contributed by atoms with Gasteiger partial charge in [0.25, 0.3) is 5.56 Å². The second-order valence-electron chi connectivity index (χ2n) is 10.8. The van der Waals surface area contributed by atoms with Crippen molar-refractivity contribution in [1.29, 1.82) is 0 Å². The number of piperazine rings is 1. The highest BCUT2D eigenvalue weighted by atomic mass is 35.5. The van der Waals surface area contributed by atoms with Gasteiger partial charge in [0.15, 0.2) is 11.2 Å². The summed E-state index contributed by atoms with van der Waals surface area (Å²) in [5.41, 5.74) is 0.610. The van der Waals surface area contributed by atoms with Crippen LogP contribution in [0.15, 0.2) is 31.2 Å². The summed E-state index contributed by atoms with van der Waals surface area (Å²) in [5.74, 6) is 2.02. The summed E-state index contributed by atoms with van der Waals surface area (Å²) < 4.78 is 10.3. The van der Waals surface area contributed by atoms with E-state index in [1.165, 1.54) is 24.5 Å². The average molecular weight is 591 g/mol. The first-order valence-electron chi connectivity index (χ1n) is 13.7. The van der Waals surface area contributed by atoms with Gasteiger partial charge in [0, 0.05) is 57.4 Å². The van der Waals surface area contributed by atoms with E-state index in [9.17, 15) is 9.59 Å². The molecule has 14 heteroatoms. The van der Waals surface area contributed by atoms with Crippen LogP contribution in [0.4, 0.5) is 5.95 Å². The molecule has 1 N–H and O–H groups in total. The first kappa shape index (κ1) is 27.3. The third-order valence-electron chi connectivity index (χ3n) is 8.14. The number of imidazole rings is 1. The minimum atomic E-state index is -0.424. The Kier molecular flexibility index (Phi) is 7.60. The summed E-state index contributed by atoms with van der Waals surface area (Å²) in [7, 11) is 3.10. The average Bonchev–Trinajstić information content (AvgIpc) is 3.59. The van der Waals surface area contributed by atoms with Gasteiger partial charge in [0.05, 0.1) is 5.38 Å². The number of alkyl halides is 1. The van der Waals surface area contributed by atoms with Crippen molar-refractivity contribution in [1.82, 2.24) is 39.1 Å². The molecule has 6 rings (SSSR count). The van der Waals surface area contributed by atoms with Crippen molar-refractivity contribution in [3.05, 3.63) is 49.8 Å². The maximum Gasteiger partial charge on any atom is 0.332 e. The van der Waals surface area contributed by atoms with Crippen LogP contribution < -0.4 is 21.5 Å². The smallest absolute Gasteiger partial charge is 0.332 e. The van der Waals surface area contributed by atoms with E-state index in [4.69, 9.17) is 32.6 Å². The Balaban J connectivity index is 1.30. The lowest BCUT2D eigenvalue weighted by molar-refractivity contribution is 0.195. The van der Waals surface area contributed by atoms with Crippen molar-refractivity contribution in [2.24, 2.45) is 20.0 Å². The van der Waals surface area contributed by atoms with Crippen LogP contribution in [0.25, 0.3) is 16.7 Å². The summed E-state index contributed by atoms with van der Waals surface area (Å²) >= 11 is 12.4. The van der Waals surface area contributed by atoms with Gasteiger partial charge in [-0.15, -0.1) is 21.8 Å². The Morgan fingerprint density at radius 3 is 2.52 bits per heavy atom. The molecular formula is C26H33Cl2N9O3.